The number of aliphatic imine (C=N–C) groups is 1. The van der Waals surface area contributed by atoms with E-state index in [1.54, 1.807) is 72.9 Å². The SMILES string of the molecule is CN1CCN(c2ccc(N=CC3C(=O)Nc4cc(C(=O)c5cccc(NC(=O)c6ccccc6Cl)c5)ccc43)cc2)CC1. The molecule has 0 spiro atoms. The molecule has 2 heterocycles. The first-order valence-corrected chi connectivity index (χ1v) is 14.5. The Morgan fingerprint density at radius 2 is 1.65 bits per heavy atom. The van der Waals surface area contributed by atoms with Crippen molar-refractivity contribution in [2.24, 2.45) is 4.99 Å². The van der Waals surface area contributed by atoms with Gasteiger partial charge >= 0.3 is 0 Å². The molecular formula is C34H30ClN5O3. The van der Waals surface area contributed by atoms with Crippen LogP contribution < -0.4 is 15.5 Å². The Labute approximate surface area is 255 Å². The van der Waals surface area contributed by atoms with E-state index in [1.807, 2.05) is 12.1 Å². The zero-order valence-corrected chi connectivity index (χ0v) is 24.3. The number of piperazine rings is 1. The van der Waals surface area contributed by atoms with Crippen LogP contribution in [0, 0.1) is 0 Å². The van der Waals surface area contributed by atoms with Gasteiger partial charge in [-0.05, 0) is 67.2 Å². The van der Waals surface area contributed by atoms with E-state index in [0.717, 1.165) is 37.4 Å². The lowest BCUT2D eigenvalue weighted by molar-refractivity contribution is -0.115. The van der Waals surface area contributed by atoms with Gasteiger partial charge in [-0.1, -0.05) is 48.0 Å². The average molecular weight is 592 g/mol. The maximum Gasteiger partial charge on any atom is 0.257 e. The number of nitrogens with one attached hydrogen (secondary N) is 2. The Balaban J connectivity index is 1.14. The van der Waals surface area contributed by atoms with Crippen LogP contribution in [0.15, 0.2) is 96.0 Å². The minimum absolute atomic E-state index is 0.193. The molecule has 6 rings (SSSR count). The molecule has 0 saturated carbocycles. The highest BCUT2D eigenvalue weighted by Gasteiger charge is 2.30. The van der Waals surface area contributed by atoms with Crippen LogP contribution in [0.2, 0.25) is 5.02 Å². The van der Waals surface area contributed by atoms with E-state index >= 15 is 0 Å². The van der Waals surface area contributed by atoms with Gasteiger partial charge in [0.2, 0.25) is 5.91 Å². The van der Waals surface area contributed by atoms with Crippen molar-refractivity contribution in [3.05, 3.63) is 118 Å². The Hall–Kier alpha value is -4.79. The number of hydrogen-bond acceptors (Lipinski definition) is 6. The number of carbonyl (C=O) groups excluding carboxylic acids is 3. The van der Waals surface area contributed by atoms with E-state index in [9.17, 15) is 14.4 Å². The van der Waals surface area contributed by atoms with Crippen molar-refractivity contribution in [2.75, 3.05) is 48.8 Å². The summed E-state index contributed by atoms with van der Waals surface area (Å²) in [6, 6.07) is 26.7. The molecule has 1 saturated heterocycles. The fourth-order valence-corrected chi connectivity index (χ4v) is 5.52. The summed E-state index contributed by atoms with van der Waals surface area (Å²) in [5.74, 6) is -1.35. The highest BCUT2D eigenvalue weighted by molar-refractivity contribution is 6.34. The third-order valence-corrected chi connectivity index (χ3v) is 8.11. The normalized spacial score (nSPS) is 16.7. The third kappa shape index (κ3) is 6.21. The number of likely N-dealkylation sites (N-methyl/N-ethyl adjacent to an activating group) is 1. The lowest BCUT2D eigenvalue weighted by Gasteiger charge is -2.34. The van der Waals surface area contributed by atoms with Crippen LogP contribution in [0.1, 0.15) is 37.8 Å². The number of benzene rings is 4. The predicted molar refractivity (Wildman–Crippen MR) is 171 cm³/mol. The largest absolute Gasteiger partial charge is 0.369 e. The van der Waals surface area contributed by atoms with Gasteiger partial charge < -0.3 is 20.4 Å². The highest BCUT2D eigenvalue weighted by atomic mass is 35.5. The molecule has 9 heteroatoms. The summed E-state index contributed by atoms with van der Waals surface area (Å²) >= 11 is 6.15. The summed E-state index contributed by atoms with van der Waals surface area (Å²) < 4.78 is 0. The predicted octanol–water partition coefficient (Wildman–Crippen LogP) is 6.01. The molecule has 1 fully saturated rings. The topological polar surface area (TPSA) is 94.1 Å². The molecule has 8 nitrogen and oxygen atoms in total. The Morgan fingerprint density at radius 3 is 2.42 bits per heavy atom. The smallest absolute Gasteiger partial charge is 0.257 e. The van der Waals surface area contributed by atoms with Gasteiger partial charge in [0.1, 0.15) is 5.92 Å². The Kier molecular flexibility index (Phi) is 8.05. The monoisotopic (exact) mass is 591 g/mol. The summed E-state index contributed by atoms with van der Waals surface area (Å²) in [5.41, 5.74) is 4.93. The van der Waals surface area contributed by atoms with Gasteiger partial charge in [-0.25, -0.2) is 0 Å². The number of halogens is 1. The summed E-state index contributed by atoms with van der Waals surface area (Å²) in [7, 11) is 2.14. The van der Waals surface area contributed by atoms with Crippen molar-refractivity contribution >= 4 is 58.2 Å². The summed E-state index contributed by atoms with van der Waals surface area (Å²) in [5, 5.41) is 6.02. The molecule has 0 aromatic heterocycles. The number of carbonyl (C=O) groups is 3. The minimum atomic E-state index is -0.556. The standard InChI is InChI=1S/C34H30ClN5O3/c1-39-15-17-40(18-16-39)26-12-10-24(11-13-26)36-21-29-27-14-9-23(20-31(27)38-34(29)43)32(41)22-5-4-6-25(19-22)37-33(42)28-7-2-3-8-30(28)35/h2-14,19-21,29H,15-18H2,1H3,(H,37,42)(H,38,43). The van der Waals surface area contributed by atoms with Gasteiger partial charge in [-0.3, -0.25) is 19.4 Å². The lowest BCUT2D eigenvalue weighted by Crippen LogP contribution is -2.44. The van der Waals surface area contributed by atoms with Crippen LogP contribution in [0.5, 0.6) is 0 Å². The van der Waals surface area contributed by atoms with Crippen LogP contribution in [0.3, 0.4) is 0 Å². The van der Waals surface area contributed by atoms with Crippen molar-refractivity contribution in [3.63, 3.8) is 0 Å². The van der Waals surface area contributed by atoms with Crippen molar-refractivity contribution in [1.82, 2.24) is 4.90 Å². The van der Waals surface area contributed by atoms with E-state index in [4.69, 9.17) is 11.6 Å². The zero-order chi connectivity index (χ0) is 29.9. The molecule has 2 aliphatic heterocycles. The molecule has 43 heavy (non-hydrogen) atoms. The van der Waals surface area contributed by atoms with Gasteiger partial charge in [0.05, 0.1) is 16.3 Å². The molecule has 2 amide bonds. The molecule has 1 unspecified atom stereocenters. The van der Waals surface area contributed by atoms with Gasteiger partial charge in [0.15, 0.2) is 5.78 Å². The molecule has 0 aliphatic carbocycles. The summed E-state index contributed by atoms with van der Waals surface area (Å²) in [4.78, 5) is 48.1. The molecule has 0 radical (unpaired) electrons. The van der Waals surface area contributed by atoms with Gasteiger partial charge in [0, 0.05) is 60.6 Å². The average Bonchev–Trinajstić information content (AvgIpc) is 3.34. The first kappa shape index (κ1) is 28.3. The molecule has 216 valence electrons. The third-order valence-electron chi connectivity index (χ3n) is 7.78. The van der Waals surface area contributed by atoms with E-state index < -0.39 is 5.92 Å². The fraction of sp³-hybridized carbons (Fsp3) is 0.176. The van der Waals surface area contributed by atoms with Crippen molar-refractivity contribution < 1.29 is 14.4 Å². The number of fused-ring (bicyclic) bond motifs is 1. The first-order valence-electron chi connectivity index (χ1n) is 14.1. The second-order valence-corrected chi connectivity index (χ2v) is 11.1. The molecule has 1 atom stereocenters. The molecule has 2 N–H and O–H groups in total. The van der Waals surface area contributed by atoms with Crippen molar-refractivity contribution in [2.45, 2.75) is 5.92 Å². The van der Waals surface area contributed by atoms with E-state index in [1.165, 1.54) is 5.69 Å². The molecule has 4 aromatic carbocycles. The van der Waals surface area contributed by atoms with Gasteiger partial charge in [0.25, 0.3) is 5.91 Å². The second-order valence-electron chi connectivity index (χ2n) is 10.7. The number of nitrogens with zero attached hydrogens (tertiary/aromatic N) is 3. The van der Waals surface area contributed by atoms with E-state index in [2.05, 4.69) is 44.6 Å². The Morgan fingerprint density at radius 1 is 0.907 bits per heavy atom. The zero-order valence-electron chi connectivity index (χ0n) is 23.6. The van der Waals surface area contributed by atoms with Gasteiger partial charge in [-0.15, -0.1) is 0 Å². The van der Waals surface area contributed by atoms with Crippen LogP contribution in [-0.4, -0.2) is 61.9 Å². The maximum atomic E-state index is 13.4. The molecule has 4 aromatic rings. The molecular weight excluding hydrogens is 562 g/mol. The molecule has 2 aliphatic rings. The Bertz CT molecular complexity index is 1730. The van der Waals surface area contributed by atoms with Crippen molar-refractivity contribution in [1.29, 1.82) is 0 Å². The number of rotatable bonds is 7. The van der Waals surface area contributed by atoms with Crippen LogP contribution >= 0.6 is 11.6 Å². The number of ketones is 1. The maximum absolute atomic E-state index is 13.4. The number of anilines is 3. The second kappa shape index (κ2) is 12.2. The lowest BCUT2D eigenvalue weighted by atomic mass is 9.97. The molecule has 0 bridgehead atoms. The van der Waals surface area contributed by atoms with Gasteiger partial charge in [-0.2, -0.15) is 0 Å². The van der Waals surface area contributed by atoms with E-state index in [-0.39, 0.29) is 17.6 Å². The minimum Gasteiger partial charge on any atom is -0.369 e. The summed E-state index contributed by atoms with van der Waals surface area (Å²) in [6.45, 7) is 4.07. The first-order chi connectivity index (χ1) is 20.9. The quantitative estimate of drug-likeness (QED) is 0.203. The van der Waals surface area contributed by atoms with Crippen molar-refractivity contribution in [3.8, 4) is 0 Å². The highest BCUT2D eigenvalue weighted by Crippen LogP contribution is 2.33. The number of amides is 2. The van der Waals surface area contributed by atoms with Crippen LogP contribution in [0.4, 0.5) is 22.7 Å². The van der Waals surface area contributed by atoms with Crippen LogP contribution in [-0.2, 0) is 4.79 Å². The van der Waals surface area contributed by atoms with Crippen LogP contribution in [0.25, 0.3) is 0 Å². The number of hydrogen-bond donors (Lipinski definition) is 2. The fourth-order valence-electron chi connectivity index (χ4n) is 5.30. The van der Waals surface area contributed by atoms with E-state index in [0.29, 0.717) is 33.1 Å². The summed E-state index contributed by atoms with van der Waals surface area (Å²) in [6.07, 6.45) is 1.65.